The fourth-order valence-electron chi connectivity index (χ4n) is 2.69. The summed E-state index contributed by atoms with van der Waals surface area (Å²) in [6, 6.07) is 19.5. The van der Waals surface area contributed by atoms with Crippen LogP contribution in [0, 0.1) is 5.92 Å². The molecule has 1 N–H and O–H groups in total. The molecule has 21 heavy (non-hydrogen) atoms. The fourth-order valence-corrected chi connectivity index (χ4v) is 2.91. The van der Waals surface area contributed by atoms with E-state index in [0.717, 1.165) is 11.4 Å². The van der Waals surface area contributed by atoms with Gasteiger partial charge < -0.3 is 5.32 Å². The van der Waals surface area contributed by atoms with Gasteiger partial charge in [0, 0.05) is 17.1 Å². The largest absolute Gasteiger partial charge is 0.307 e. The Kier molecular flexibility index (Phi) is 5.84. The minimum atomic E-state index is 0.365. The number of rotatable bonds is 6. The van der Waals surface area contributed by atoms with Crippen LogP contribution in [0.3, 0.4) is 0 Å². The molecule has 0 aromatic heterocycles. The van der Waals surface area contributed by atoms with Gasteiger partial charge in [-0.3, -0.25) is 0 Å². The lowest BCUT2D eigenvalue weighted by molar-refractivity contribution is 0.368. The molecule has 2 unspecified atom stereocenters. The smallest absolute Gasteiger partial charge is 0.0438 e. The molecule has 2 aromatic carbocycles. The van der Waals surface area contributed by atoms with Gasteiger partial charge in [-0.25, -0.2) is 0 Å². The standard InChI is InChI=1S/C19H24ClN/c1-14(2)19(16-9-5-4-6-10-16)21-15(3)13-17-11-7-8-12-18(17)20/h4-12,14-15,19,21H,13H2,1-3H3. The van der Waals surface area contributed by atoms with Gasteiger partial charge in [0.2, 0.25) is 0 Å². The van der Waals surface area contributed by atoms with Gasteiger partial charge in [-0.05, 0) is 36.5 Å². The zero-order valence-corrected chi connectivity index (χ0v) is 13.8. The summed E-state index contributed by atoms with van der Waals surface area (Å²) in [6.07, 6.45) is 0.940. The highest BCUT2D eigenvalue weighted by Crippen LogP contribution is 2.23. The van der Waals surface area contributed by atoms with Crippen molar-refractivity contribution in [2.24, 2.45) is 5.92 Å². The van der Waals surface area contributed by atoms with Crippen LogP contribution in [0.5, 0.6) is 0 Å². The topological polar surface area (TPSA) is 12.0 Å². The second-order valence-corrected chi connectivity index (χ2v) is 6.40. The molecule has 2 aromatic rings. The zero-order chi connectivity index (χ0) is 15.2. The lowest BCUT2D eigenvalue weighted by Gasteiger charge is -2.27. The number of hydrogen-bond acceptors (Lipinski definition) is 1. The van der Waals surface area contributed by atoms with Gasteiger partial charge in [-0.2, -0.15) is 0 Å². The van der Waals surface area contributed by atoms with Crippen molar-refractivity contribution in [2.45, 2.75) is 39.3 Å². The molecule has 0 spiro atoms. The molecule has 2 atom stereocenters. The summed E-state index contributed by atoms with van der Waals surface area (Å²) < 4.78 is 0. The number of halogens is 1. The maximum absolute atomic E-state index is 6.26. The van der Waals surface area contributed by atoms with Gasteiger partial charge >= 0.3 is 0 Å². The van der Waals surface area contributed by atoms with E-state index in [-0.39, 0.29) is 0 Å². The summed E-state index contributed by atoms with van der Waals surface area (Å²) in [6.45, 7) is 6.74. The van der Waals surface area contributed by atoms with Crippen LogP contribution in [0.15, 0.2) is 54.6 Å². The SMILES string of the molecule is CC(Cc1ccccc1Cl)NC(c1ccccc1)C(C)C. The molecule has 0 bridgehead atoms. The predicted molar refractivity (Wildman–Crippen MR) is 91.8 cm³/mol. The van der Waals surface area contributed by atoms with Crippen molar-refractivity contribution >= 4 is 11.6 Å². The van der Waals surface area contributed by atoms with Crippen molar-refractivity contribution in [1.29, 1.82) is 0 Å². The molecule has 2 rings (SSSR count). The number of hydrogen-bond donors (Lipinski definition) is 1. The predicted octanol–water partition coefficient (Wildman–Crippen LogP) is 5.26. The highest BCUT2D eigenvalue weighted by Gasteiger charge is 2.18. The minimum Gasteiger partial charge on any atom is -0.307 e. The van der Waals surface area contributed by atoms with Crippen LogP contribution in [-0.2, 0) is 6.42 Å². The molecule has 0 heterocycles. The van der Waals surface area contributed by atoms with Gasteiger partial charge in [0.1, 0.15) is 0 Å². The fraction of sp³-hybridized carbons (Fsp3) is 0.368. The van der Waals surface area contributed by atoms with E-state index in [1.54, 1.807) is 0 Å². The molecular weight excluding hydrogens is 278 g/mol. The van der Waals surface area contributed by atoms with E-state index in [2.05, 4.69) is 62.5 Å². The Balaban J connectivity index is 2.06. The van der Waals surface area contributed by atoms with Gasteiger partial charge in [0.15, 0.2) is 0 Å². The van der Waals surface area contributed by atoms with E-state index in [4.69, 9.17) is 11.6 Å². The van der Waals surface area contributed by atoms with E-state index >= 15 is 0 Å². The average molecular weight is 302 g/mol. The zero-order valence-electron chi connectivity index (χ0n) is 13.0. The van der Waals surface area contributed by atoms with Gasteiger partial charge in [-0.15, -0.1) is 0 Å². The van der Waals surface area contributed by atoms with Crippen LogP contribution in [-0.4, -0.2) is 6.04 Å². The molecule has 0 radical (unpaired) electrons. The number of nitrogens with one attached hydrogen (secondary N) is 1. The monoisotopic (exact) mass is 301 g/mol. The summed E-state index contributed by atoms with van der Waals surface area (Å²) >= 11 is 6.26. The Labute approximate surface area is 133 Å². The van der Waals surface area contributed by atoms with E-state index < -0.39 is 0 Å². The highest BCUT2D eigenvalue weighted by atomic mass is 35.5. The van der Waals surface area contributed by atoms with Gasteiger partial charge in [0.05, 0.1) is 0 Å². The average Bonchev–Trinajstić information content (AvgIpc) is 2.48. The Bertz CT molecular complexity index is 551. The quantitative estimate of drug-likeness (QED) is 0.767. The maximum Gasteiger partial charge on any atom is 0.0438 e. The van der Waals surface area contributed by atoms with Crippen molar-refractivity contribution in [3.05, 3.63) is 70.7 Å². The molecule has 0 saturated carbocycles. The van der Waals surface area contributed by atoms with Crippen molar-refractivity contribution < 1.29 is 0 Å². The normalized spacial score (nSPS) is 14.1. The first-order chi connectivity index (χ1) is 10.1. The Morgan fingerprint density at radius 2 is 1.52 bits per heavy atom. The molecule has 0 amide bonds. The highest BCUT2D eigenvalue weighted by molar-refractivity contribution is 6.31. The third-order valence-electron chi connectivity index (χ3n) is 3.77. The van der Waals surface area contributed by atoms with Crippen LogP contribution < -0.4 is 5.32 Å². The van der Waals surface area contributed by atoms with E-state index in [1.165, 1.54) is 11.1 Å². The Morgan fingerprint density at radius 1 is 0.905 bits per heavy atom. The molecule has 0 aliphatic rings. The molecule has 0 aliphatic heterocycles. The van der Waals surface area contributed by atoms with Crippen molar-refractivity contribution in [2.75, 3.05) is 0 Å². The van der Waals surface area contributed by atoms with Crippen molar-refractivity contribution in [3.63, 3.8) is 0 Å². The summed E-state index contributed by atoms with van der Waals surface area (Å²) in [5, 5.41) is 4.60. The molecular formula is C19H24ClN. The number of benzene rings is 2. The van der Waals surface area contributed by atoms with Gasteiger partial charge in [-0.1, -0.05) is 74.0 Å². The third-order valence-corrected chi connectivity index (χ3v) is 4.14. The lowest BCUT2D eigenvalue weighted by atomic mass is 9.94. The van der Waals surface area contributed by atoms with E-state index in [0.29, 0.717) is 18.0 Å². The summed E-state index contributed by atoms with van der Waals surface area (Å²) in [5.41, 5.74) is 2.55. The first kappa shape index (κ1) is 16.1. The molecule has 0 saturated heterocycles. The summed E-state index contributed by atoms with van der Waals surface area (Å²) in [5.74, 6) is 0.543. The summed E-state index contributed by atoms with van der Waals surface area (Å²) in [4.78, 5) is 0. The molecule has 112 valence electrons. The van der Waals surface area contributed by atoms with Crippen LogP contribution in [0.2, 0.25) is 5.02 Å². The molecule has 0 aliphatic carbocycles. The summed E-state index contributed by atoms with van der Waals surface area (Å²) in [7, 11) is 0. The minimum absolute atomic E-state index is 0.365. The van der Waals surface area contributed by atoms with Crippen LogP contribution in [0.25, 0.3) is 0 Å². The van der Waals surface area contributed by atoms with Crippen LogP contribution >= 0.6 is 11.6 Å². The van der Waals surface area contributed by atoms with Crippen LogP contribution in [0.1, 0.15) is 37.9 Å². The first-order valence-electron chi connectivity index (χ1n) is 7.62. The second kappa shape index (κ2) is 7.63. The second-order valence-electron chi connectivity index (χ2n) is 6.00. The third kappa shape index (κ3) is 4.59. The molecule has 0 fully saturated rings. The van der Waals surface area contributed by atoms with E-state index in [9.17, 15) is 0 Å². The van der Waals surface area contributed by atoms with E-state index in [1.807, 2.05) is 18.2 Å². The van der Waals surface area contributed by atoms with Crippen molar-refractivity contribution in [3.8, 4) is 0 Å². The maximum atomic E-state index is 6.26. The van der Waals surface area contributed by atoms with Gasteiger partial charge in [0.25, 0.3) is 0 Å². The molecule has 1 nitrogen and oxygen atoms in total. The lowest BCUT2D eigenvalue weighted by Crippen LogP contribution is -2.35. The Morgan fingerprint density at radius 3 is 2.14 bits per heavy atom. The van der Waals surface area contributed by atoms with Crippen molar-refractivity contribution in [1.82, 2.24) is 5.32 Å². The Hall–Kier alpha value is -1.31. The first-order valence-corrected chi connectivity index (χ1v) is 8.00. The van der Waals surface area contributed by atoms with Crippen LogP contribution in [0.4, 0.5) is 0 Å². The molecule has 2 heteroatoms.